The van der Waals surface area contributed by atoms with Gasteiger partial charge in [-0.3, -0.25) is 9.69 Å². The fourth-order valence-corrected chi connectivity index (χ4v) is 5.29. The van der Waals surface area contributed by atoms with Crippen LogP contribution in [0.5, 0.6) is 11.5 Å². The van der Waals surface area contributed by atoms with E-state index < -0.39 is 12.0 Å². The van der Waals surface area contributed by atoms with Crippen molar-refractivity contribution in [3.8, 4) is 11.5 Å². The summed E-state index contributed by atoms with van der Waals surface area (Å²) in [6, 6.07) is 29.8. The highest BCUT2D eigenvalue weighted by atomic mass is 16.5. The first-order valence-corrected chi connectivity index (χ1v) is 14.6. The van der Waals surface area contributed by atoms with Crippen molar-refractivity contribution in [1.29, 1.82) is 0 Å². The van der Waals surface area contributed by atoms with Gasteiger partial charge < -0.3 is 25.3 Å². The molecule has 5 aromatic rings. The van der Waals surface area contributed by atoms with Gasteiger partial charge in [-0.05, 0) is 61.0 Å². The number of aryl methyl sites for hydroxylation is 2. The molecule has 1 atom stereocenters. The van der Waals surface area contributed by atoms with Gasteiger partial charge in [0.05, 0.1) is 5.52 Å². The lowest BCUT2D eigenvalue weighted by Crippen LogP contribution is -2.35. The quantitative estimate of drug-likeness (QED) is 0.135. The number of nitrogens with zero attached hydrogens (tertiary/aromatic N) is 1. The van der Waals surface area contributed by atoms with Crippen LogP contribution in [0, 0.1) is 13.8 Å². The average molecular weight is 578 g/mol. The molecule has 0 amide bonds. The SMILES string of the molecule is Cc1cccc(COc2ccccc2CN(CC[C@H](N)C(=O)O)Cc2c(OCc3cccc(C)c3)ccc3cc[nH]c23)c1. The molecule has 0 bridgehead atoms. The molecule has 4 N–H and O–H groups in total. The number of H-pyrrole nitrogens is 1. The average Bonchev–Trinajstić information content (AvgIpc) is 3.48. The maximum Gasteiger partial charge on any atom is 0.320 e. The Morgan fingerprint density at radius 1 is 0.837 bits per heavy atom. The summed E-state index contributed by atoms with van der Waals surface area (Å²) in [6.45, 7) is 6.60. The third-order valence-electron chi connectivity index (χ3n) is 7.57. The van der Waals surface area contributed by atoms with E-state index in [1.165, 1.54) is 11.1 Å². The van der Waals surface area contributed by atoms with Crippen molar-refractivity contribution in [2.75, 3.05) is 6.54 Å². The van der Waals surface area contributed by atoms with Crippen molar-refractivity contribution in [2.24, 2.45) is 5.73 Å². The molecule has 0 saturated heterocycles. The molecule has 0 saturated carbocycles. The first-order chi connectivity index (χ1) is 20.9. The molecule has 7 nitrogen and oxygen atoms in total. The molecule has 0 fully saturated rings. The summed E-state index contributed by atoms with van der Waals surface area (Å²) >= 11 is 0. The van der Waals surface area contributed by atoms with Crippen molar-refractivity contribution in [1.82, 2.24) is 9.88 Å². The van der Waals surface area contributed by atoms with Gasteiger partial charge in [-0.25, -0.2) is 0 Å². The maximum absolute atomic E-state index is 11.6. The lowest BCUT2D eigenvalue weighted by molar-refractivity contribution is -0.138. The molecule has 0 aliphatic heterocycles. The minimum absolute atomic E-state index is 0.307. The van der Waals surface area contributed by atoms with E-state index >= 15 is 0 Å². The number of benzene rings is 4. The van der Waals surface area contributed by atoms with Crippen molar-refractivity contribution < 1.29 is 19.4 Å². The van der Waals surface area contributed by atoms with E-state index in [0.717, 1.165) is 44.7 Å². The second-order valence-corrected chi connectivity index (χ2v) is 11.1. The number of fused-ring (bicyclic) bond motifs is 1. The monoisotopic (exact) mass is 577 g/mol. The fourth-order valence-electron chi connectivity index (χ4n) is 5.29. The van der Waals surface area contributed by atoms with Gasteiger partial charge in [-0.1, -0.05) is 77.9 Å². The van der Waals surface area contributed by atoms with Crippen molar-refractivity contribution in [3.05, 3.63) is 131 Å². The number of aromatic nitrogens is 1. The number of hydrogen-bond donors (Lipinski definition) is 3. The van der Waals surface area contributed by atoms with Gasteiger partial charge in [0.1, 0.15) is 30.8 Å². The zero-order valence-corrected chi connectivity index (χ0v) is 24.8. The molecule has 0 unspecified atom stereocenters. The predicted octanol–water partition coefficient (Wildman–Crippen LogP) is 6.75. The van der Waals surface area contributed by atoms with Crippen LogP contribution < -0.4 is 15.2 Å². The Morgan fingerprint density at radius 3 is 2.19 bits per heavy atom. The first-order valence-electron chi connectivity index (χ1n) is 14.6. The van der Waals surface area contributed by atoms with Crippen LogP contribution in [0.4, 0.5) is 0 Å². The molecule has 43 heavy (non-hydrogen) atoms. The van der Waals surface area contributed by atoms with Gasteiger partial charge in [0.2, 0.25) is 0 Å². The van der Waals surface area contributed by atoms with E-state index in [0.29, 0.717) is 39.3 Å². The number of carboxylic acids is 1. The highest BCUT2D eigenvalue weighted by Crippen LogP contribution is 2.31. The Morgan fingerprint density at radius 2 is 1.51 bits per heavy atom. The number of para-hydroxylation sites is 1. The largest absolute Gasteiger partial charge is 0.489 e. The first kappa shape index (κ1) is 29.9. The predicted molar refractivity (Wildman–Crippen MR) is 170 cm³/mol. The van der Waals surface area contributed by atoms with E-state index in [9.17, 15) is 9.90 Å². The van der Waals surface area contributed by atoms with Crippen molar-refractivity contribution in [3.63, 3.8) is 0 Å². The number of rotatable bonds is 14. The zero-order chi connectivity index (χ0) is 30.2. The third-order valence-corrected chi connectivity index (χ3v) is 7.57. The minimum atomic E-state index is -1.00. The minimum Gasteiger partial charge on any atom is -0.489 e. The van der Waals surface area contributed by atoms with E-state index in [1.807, 2.05) is 48.7 Å². The van der Waals surface area contributed by atoms with Crippen molar-refractivity contribution >= 4 is 16.9 Å². The lowest BCUT2D eigenvalue weighted by atomic mass is 10.1. The number of ether oxygens (including phenoxy) is 2. The molecule has 4 aromatic carbocycles. The smallest absolute Gasteiger partial charge is 0.320 e. The molecule has 5 rings (SSSR count). The Kier molecular flexibility index (Phi) is 9.77. The topological polar surface area (TPSA) is 101 Å². The highest BCUT2D eigenvalue weighted by Gasteiger charge is 2.20. The van der Waals surface area contributed by atoms with Gasteiger partial charge in [0.25, 0.3) is 0 Å². The number of nitrogens with one attached hydrogen (secondary N) is 1. The van der Waals surface area contributed by atoms with Crippen LogP contribution in [0.15, 0.2) is 97.2 Å². The van der Waals surface area contributed by atoms with Crippen LogP contribution in [0.2, 0.25) is 0 Å². The number of aliphatic carboxylic acids is 1. The molecule has 7 heteroatoms. The summed E-state index contributed by atoms with van der Waals surface area (Å²) in [6.07, 6.45) is 2.24. The van der Waals surface area contributed by atoms with Gasteiger partial charge in [0, 0.05) is 37.0 Å². The summed E-state index contributed by atoms with van der Waals surface area (Å²) in [5.41, 5.74) is 13.6. The summed E-state index contributed by atoms with van der Waals surface area (Å²) < 4.78 is 12.7. The number of carboxylic acid groups (broad SMARTS) is 1. The zero-order valence-electron chi connectivity index (χ0n) is 24.8. The van der Waals surface area contributed by atoms with Crippen LogP contribution in [0.1, 0.15) is 39.8 Å². The van der Waals surface area contributed by atoms with Gasteiger partial charge >= 0.3 is 5.97 Å². The van der Waals surface area contributed by atoms with Crippen molar-refractivity contribution in [2.45, 2.75) is 52.6 Å². The number of hydrogen-bond acceptors (Lipinski definition) is 5. The second-order valence-electron chi connectivity index (χ2n) is 11.1. The fraction of sp³-hybridized carbons (Fsp3) is 0.250. The number of carbonyl (C=O) groups is 1. The molecule has 0 aliphatic carbocycles. The Balaban J connectivity index is 1.41. The molecular formula is C36H39N3O4. The molecular weight excluding hydrogens is 538 g/mol. The molecule has 0 aliphatic rings. The van der Waals surface area contributed by atoms with Crippen LogP contribution in [-0.4, -0.2) is 33.5 Å². The molecule has 0 spiro atoms. The summed E-state index contributed by atoms with van der Waals surface area (Å²) in [5.74, 6) is 0.578. The summed E-state index contributed by atoms with van der Waals surface area (Å²) in [5, 5.41) is 10.6. The van der Waals surface area contributed by atoms with E-state index in [2.05, 4.69) is 72.3 Å². The normalized spacial score (nSPS) is 12.0. The second kappa shape index (κ2) is 14.1. The highest BCUT2D eigenvalue weighted by molar-refractivity contribution is 5.84. The summed E-state index contributed by atoms with van der Waals surface area (Å²) in [4.78, 5) is 17.2. The van der Waals surface area contributed by atoms with Crippen LogP contribution >= 0.6 is 0 Å². The van der Waals surface area contributed by atoms with Gasteiger partial charge in [-0.2, -0.15) is 0 Å². The molecule has 1 heterocycles. The van der Waals surface area contributed by atoms with Crippen LogP contribution in [-0.2, 0) is 31.1 Å². The van der Waals surface area contributed by atoms with E-state index in [4.69, 9.17) is 15.2 Å². The Bertz CT molecular complexity index is 1680. The Hall–Kier alpha value is -4.59. The maximum atomic E-state index is 11.6. The van der Waals surface area contributed by atoms with E-state index in [-0.39, 0.29) is 0 Å². The third kappa shape index (κ3) is 8.03. The Labute approximate surface area is 252 Å². The number of nitrogens with two attached hydrogens (primary N) is 1. The molecule has 0 radical (unpaired) electrons. The van der Waals surface area contributed by atoms with E-state index in [1.54, 1.807) is 0 Å². The molecule has 1 aromatic heterocycles. The van der Waals surface area contributed by atoms with Crippen LogP contribution in [0.25, 0.3) is 10.9 Å². The molecule has 222 valence electrons. The van der Waals surface area contributed by atoms with Gasteiger partial charge in [0.15, 0.2) is 0 Å². The van der Waals surface area contributed by atoms with Gasteiger partial charge in [-0.15, -0.1) is 0 Å². The number of aromatic amines is 1. The lowest BCUT2D eigenvalue weighted by Gasteiger charge is -2.26. The summed E-state index contributed by atoms with van der Waals surface area (Å²) in [7, 11) is 0. The van der Waals surface area contributed by atoms with Crippen LogP contribution in [0.3, 0.4) is 0 Å². The standard InChI is InChI=1S/C36H39N3O4/c1-25-7-5-9-27(19-25)23-42-33-12-4-3-11-30(33)21-39(18-16-32(37)36(40)41)22-31-34(14-13-29-15-17-38-35(29)31)43-24-28-10-6-8-26(2)20-28/h3-15,17,19-20,32,38H,16,18,21-24,37H2,1-2H3,(H,40,41)/t32-/m0/s1.